The molecule has 1 aliphatic heterocycles. The quantitative estimate of drug-likeness (QED) is 0.745. The van der Waals surface area contributed by atoms with Crippen LogP contribution >= 0.6 is 7.60 Å². The second kappa shape index (κ2) is 5.44. The highest BCUT2D eigenvalue weighted by atomic mass is 31.2. The van der Waals surface area contributed by atoms with Crippen molar-refractivity contribution in [3.8, 4) is 0 Å². The fraction of sp³-hybridized carbons (Fsp3) is 1.00. The molecule has 0 atom stereocenters. The van der Waals surface area contributed by atoms with E-state index in [2.05, 4.69) is 0 Å². The van der Waals surface area contributed by atoms with Crippen molar-refractivity contribution in [2.24, 2.45) is 5.41 Å². The van der Waals surface area contributed by atoms with Gasteiger partial charge in [-0.2, -0.15) is 0 Å². The molecule has 1 aliphatic rings. The van der Waals surface area contributed by atoms with E-state index in [1.807, 2.05) is 13.8 Å². The second-order valence-corrected chi connectivity index (χ2v) is 6.43. The van der Waals surface area contributed by atoms with E-state index in [4.69, 9.17) is 9.05 Å². The molecule has 0 spiro atoms. The van der Waals surface area contributed by atoms with Crippen molar-refractivity contribution in [1.82, 2.24) is 0 Å². The first-order valence-electron chi connectivity index (χ1n) is 5.59. The van der Waals surface area contributed by atoms with Gasteiger partial charge in [0.2, 0.25) is 0 Å². The molecule has 90 valence electrons. The molecule has 0 bridgehead atoms. The lowest BCUT2D eigenvalue weighted by atomic mass is 9.88. The Morgan fingerprint density at radius 3 is 2.33 bits per heavy atom. The summed E-state index contributed by atoms with van der Waals surface area (Å²) in [4.78, 5) is 0. The van der Waals surface area contributed by atoms with Gasteiger partial charge in [0.05, 0.1) is 26.0 Å². The maximum absolute atomic E-state index is 12.0. The molecule has 0 aromatic rings. The Hall–Kier alpha value is 0.110. The van der Waals surface area contributed by atoms with Gasteiger partial charge in [0.15, 0.2) is 0 Å². The summed E-state index contributed by atoms with van der Waals surface area (Å²) in [6.07, 6.45) is 3.11. The highest BCUT2D eigenvalue weighted by Gasteiger charge is 2.40. The molecule has 0 radical (unpaired) electrons. The van der Waals surface area contributed by atoms with Gasteiger partial charge in [-0.15, -0.1) is 0 Å². The highest BCUT2D eigenvalue weighted by Crippen LogP contribution is 2.54. The molecule has 0 aliphatic carbocycles. The fourth-order valence-electron chi connectivity index (χ4n) is 1.44. The van der Waals surface area contributed by atoms with Crippen molar-refractivity contribution >= 4 is 7.60 Å². The molecular weight excluding hydrogens is 215 g/mol. The molecule has 5 heteroatoms. The molecule has 0 aromatic heterocycles. The fourth-order valence-corrected chi connectivity index (χ4v) is 3.41. The summed E-state index contributed by atoms with van der Waals surface area (Å²) in [6.45, 7) is 4.74. The van der Waals surface area contributed by atoms with Crippen molar-refractivity contribution in [1.29, 1.82) is 0 Å². The molecular formula is C10H21O4P. The van der Waals surface area contributed by atoms with E-state index < -0.39 is 7.60 Å². The van der Waals surface area contributed by atoms with Crippen molar-refractivity contribution in [2.45, 2.75) is 33.1 Å². The minimum absolute atomic E-state index is 0.0251. The van der Waals surface area contributed by atoms with Crippen LogP contribution in [-0.2, 0) is 13.6 Å². The molecule has 1 fully saturated rings. The van der Waals surface area contributed by atoms with Crippen LogP contribution in [0.3, 0.4) is 0 Å². The average molecular weight is 236 g/mol. The van der Waals surface area contributed by atoms with Crippen LogP contribution in [-0.4, -0.2) is 31.1 Å². The van der Waals surface area contributed by atoms with E-state index in [1.165, 1.54) is 0 Å². The van der Waals surface area contributed by atoms with Crippen molar-refractivity contribution in [3.05, 3.63) is 0 Å². The molecule has 0 amide bonds. The van der Waals surface area contributed by atoms with E-state index in [-0.39, 0.29) is 12.0 Å². The van der Waals surface area contributed by atoms with Gasteiger partial charge in [0.1, 0.15) is 0 Å². The number of hydrogen-bond donors (Lipinski definition) is 1. The molecule has 4 nitrogen and oxygen atoms in total. The monoisotopic (exact) mass is 236 g/mol. The minimum Gasteiger partial charge on any atom is -0.396 e. The van der Waals surface area contributed by atoms with Crippen molar-refractivity contribution in [3.63, 3.8) is 0 Å². The van der Waals surface area contributed by atoms with Crippen molar-refractivity contribution < 1.29 is 18.7 Å². The number of rotatable bonds is 5. The second-order valence-electron chi connectivity index (χ2n) is 4.25. The van der Waals surface area contributed by atoms with Crippen LogP contribution in [0.4, 0.5) is 0 Å². The van der Waals surface area contributed by atoms with Crippen LogP contribution in [0, 0.1) is 5.41 Å². The first-order chi connectivity index (χ1) is 7.10. The summed E-state index contributed by atoms with van der Waals surface area (Å²) >= 11 is 0. The topological polar surface area (TPSA) is 55.8 Å². The van der Waals surface area contributed by atoms with E-state index in [9.17, 15) is 9.67 Å². The summed E-state index contributed by atoms with van der Waals surface area (Å²) in [5.41, 5.74) is -0.347. The normalized spacial score (nSPS) is 36.7. The summed E-state index contributed by atoms with van der Waals surface area (Å²) in [5, 5.41) is 9.24. The number of hydrogen-bond acceptors (Lipinski definition) is 4. The zero-order valence-electron chi connectivity index (χ0n) is 9.57. The third kappa shape index (κ3) is 3.28. The largest absolute Gasteiger partial charge is 0.396 e. The summed E-state index contributed by atoms with van der Waals surface area (Å²) < 4.78 is 22.7. The van der Waals surface area contributed by atoms with Gasteiger partial charge in [0, 0.05) is 5.41 Å². The Morgan fingerprint density at radius 1 is 1.33 bits per heavy atom. The first-order valence-corrected chi connectivity index (χ1v) is 7.31. The average Bonchev–Trinajstić information content (AvgIpc) is 2.29. The Balaban J connectivity index is 2.50. The van der Waals surface area contributed by atoms with Crippen LogP contribution in [0.15, 0.2) is 0 Å². The maximum Gasteiger partial charge on any atom is 0.330 e. The highest BCUT2D eigenvalue weighted by molar-refractivity contribution is 7.53. The van der Waals surface area contributed by atoms with Gasteiger partial charge in [-0.25, -0.2) is 0 Å². The standard InChI is InChI=1S/C10H21O4P/c1-3-5-6-15(12)13-8-10(4-2,7-11)9-14-15/h11H,3-9H2,1-2H3. The van der Waals surface area contributed by atoms with Gasteiger partial charge in [0.25, 0.3) is 0 Å². The van der Waals surface area contributed by atoms with E-state index in [0.717, 1.165) is 19.3 Å². The Kier molecular flexibility index (Phi) is 4.78. The SMILES string of the molecule is CCCCP1(=O)OCC(CC)(CO)CO1. The van der Waals surface area contributed by atoms with E-state index in [0.29, 0.717) is 19.4 Å². The third-order valence-electron chi connectivity index (χ3n) is 3.01. The maximum atomic E-state index is 12.0. The van der Waals surface area contributed by atoms with Crippen LogP contribution in [0.1, 0.15) is 33.1 Å². The molecule has 0 unspecified atom stereocenters. The molecule has 1 saturated heterocycles. The van der Waals surface area contributed by atoms with Crippen LogP contribution in [0.2, 0.25) is 0 Å². The lowest BCUT2D eigenvalue weighted by Crippen LogP contribution is -2.38. The lowest BCUT2D eigenvalue weighted by Gasteiger charge is -2.37. The number of aliphatic hydroxyl groups excluding tert-OH is 1. The van der Waals surface area contributed by atoms with Gasteiger partial charge < -0.3 is 14.2 Å². The van der Waals surface area contributed by atoms with Gasteiger partial charge in [-0.3, -0.25) is 4.57 Å². The van der Waals surface area contributed by atoms with Gasteiger partial charge in [-0.1, -0.05) is 20.3 Å². The molecule has 1 rings (SSSR count). The minimum atomic E-state index is -2.85. The molecule has 0 saturated carbocycles. The van der Waals surface area contributed by atoms with Crippen molar-refractivity contribution in [2.75, 3.05) is 26.0 Å². The Bertz CT molecular complexity index is 224. The number of aliphatic hydroxyl groups is 1. The summed E-state index contributed by atoms with van der Waals surface area (Å²) in [6, 6.07) is 0. The van der Waals surface area contributed by atoms with Crippen LogP contribution in [0.25, 0.3) is 0 Å². The number of unbranched alkanes of at least 4 members (excludes halogenated alkanes) is 1. The third-order valence-corrected chi connectivity index (χ3v) is 4.91. The Morgan fingerprint density at radius 2 is 1.93 bits per heavy atom. The van der Waals surface area contributed by atoms with Gasteiger partial charge in [-0.05, 0) is 12.8 Å². The molecule has 15 heavy (non-hydrogen) atoms. The molecule has 0 aromatic carbocycles. The molecule has 1 N–H and O–H groups in total. The molecule has 1 heterocycles. The van der Waals surface area contributed by atoms with Crippen LogP contribution < -0.4 is 0 Å². The Labute approximate surface area is 91.5 Å². The van der Waals surface area contributed by atoms with E-state index in [1.54, 1.807) is 0 Å². The van der Waals surface area contributed by atoms with E-state index >= 15 is 0 Å². The lowest BCUT2D eigenvalue weighted by molar-refractivity contribution is -0.0226. The van der Waals surface area contributed by atoms with Gasteiger partial charge >= 0.3 is 7.60 Å². The predicted octanol–water partition coefficient (Wildman–Crippen LogP) is 2.42. The zero-order valence-corrected chi connectivity index (χ0v) is 10.5. The summed E-state index contributed by atoms with van der Waals surface area (Å²) in [7, 11) is -2.85. The summed E-state index contributed by atoms with van der Waals surface area (Å²) in [5.74, 6) is 0. The zero-order chi connectivity index (χ0) is 11.4. The smallest absolute Gasteiger partial charge is 0.330 e. The predicted molar refractivity (Wildman–Crippen MR) is 59.1 cm³/mol. The first kappa shape index (κ1) is 13.2. The van der Waals surface area contributed by atoms with Crippen LogP contribution in [0.5, 0.6) is 0 Å².